The first kappa shape index (κ1) is 15.1. The first-order valence-electron chi connectivity index (χ1n) is 6.43. The zero-order valence-electron chi connectivity index (χ0n) is 12.0. The molecule has 2 amide bonds. The molecule has 0 radical (unpaired) electrons. The number of nitrogens with one attached hydrogen (secondary N) is 1. The van der Waals surface area contributed by atoms with Crippen LogP contribution in [0.4, 0.5) is 5.69 Å². The number of nitriles is 1. The maximum atomic E-state index is 12.4. The van der Waals surface area contributed by atoms with Gasteiger partial charge in [0.1, 0.15) is 16.7 Å². The van der Waals surface area contributed by atoms with E-state index in [1.807, 2.05) is 37.3 Å². The van der Waals surface area contributed by atoms with Gasteiger partial charge in [-0.15, -0.1) is 0 Å². The molecule has 0 aliphatic carbocycles. The van der Waals surface area contributed by atoms with Gasteiger partial charge >= 0.3 is 0 Å². The first-order chi connectivity index (χ1) is 9.99. The number of nitrogens with zero attached hydrogens (tertiary/aromatic N) is 2. The predicted molar refractivity (Wildman–Crippen MR) is 82.4 cm³/mol. The molecule has 108 valence electrons. The van der Waals surface area contributed by atoms with Crippen LogP contribution in [0, 0.1) is 18.3 Å². The Morgan fingerprint density at radius 2 is 2.00 bits per heavy atom. The van der Waals surface area contributed by atoms with Crippen molar-refractivity contribution >= 4 is 29.3 Å². The monoisotopic (exact) mass is 301 g/mol. The lowest BCUT2D eigenvalue weighted by molar-refractivity contribution is -0.117. The minimum Gasteiger partial charge on any atom is -0.354 e. The van der Waals surface area contributed by atoms with Crippen LogP contribution in [0.1, 0.15) is 12.5 Å². The third kappa shape index (κ3) is 2.78. The van der Waals surface area contributed by atoms with Crippen LogP contribution in [-0.4, -0.2) is 24.1 Å². The number of hydrogen-bond donors (Lipinski definition) is 1. The van der Waals surface area contributed by atoms with Gasteiger partial charge in [-0.3, -0.25) is 14.5 Å². The third-order valence-electron chi connectivity index (χ3n) is 3.13. The molecule has 1 aliphatic rings. The van der Waals surface area contributed by atoms with E-state index >= 15 is 0 Å². The number of benzene rings is 1. The summed E-state index contributed by atoms with van der Waals surface area (Å²) < 4.78 is 0. The smallest absolute Gasteiger partial charge is 0.264 e. The molecule has 1 saturated heterocycles. The molecule has 0 bridgehead atoms. The zero-order chi connectivity index (χ0) is 15.6. The molecule has 1 N–H and O–H groups in total. The van der Waals surface area contributed by atoms with Gasteiger partial charge in [-0.1, -0.05) is 29.5 Å². The number of carbonyl (C=O) groups is 2. The second-order valence-corrected chi connectivity index (χ2v) is 5.97. The topological polar surface area (TPSA) is 73.2 Å². The van der Waals surface area contributed by atoms with Crippen LogP contribution in [-0.2, 0) is 9.59 Å². The van der Waals surface area contributed by atoms with Crippen LogP contribution in [0.3, 0.4) is 0 Å². The van der Waals surface area contributed by atoms with Crippen molar-refractivity contribution in [2.75, 3.05) is 11.9 Å². The van der Waals surface area contributed by atoms with E-state index in [2.05, 4.69) is 5.32 Å². The van der Waals surface area contributed by atoms with Crippen LogP contribution >= 0.6 is 11.8 Å². The van der Waals surface area contributed by atoms with Crippen LogP contribution < -0.4 is 10.2 Å². The maximum absolute atomic E-state index is 12.4. The van der Waals surface area contributed by atoms with Gasteiger partial charge in [0.15, 0.2) is 0 Å². The molecule has 1 heterocycles. The maximum Gasteiger partial charge on any atom is 0.264 e. The van der Waals surface area contributed by atoms with Crippen LogP contribution in [0.2, 0.25) is 0 Å². The van der Waals surface area contributed by atoms with Gasteiger partial charge in [0.2, 0.25) is 5.91 Å². The average Bonchev–Trinajstić information content (AvgIpc) is 2.76. The van der Waals surface area contributed by atoms with Crippen molar-refractivity contribution < 1.29 is 9.59 Å². The molecule has 0 saturated carbocycles. The van der Waals surface area contributed by atoms with E-state index in [0.29, 0.717) is 10.7 Å². The number of amides is 2. The third-order valence-corrected chi connectivity index (χ3v) is 4.30. The highest BCUT2D eigenvalue weighted by atomic mass is 32.2. The van der Waals surface area contributed by atoms with E-state index < -0.39 is 5.91 Å². The highest BCUT2D eigenvalue weighted by molar-refractivity contribution is 8.05. The van der Waals surface area contributed by atoms with Crippen LogP contribution in [0.5, 0.6) is 0 Å². The van der Waals surface area contributed by atoms with Crippen molar-refractivity contribution in [3.8, 4) is 6.07 Å². The second-order valence-electron chi connectivity index (χ2n) is 4.64. The Bertz CT molecular complexity index is 658. The lowest BCUT2D eigenvalue weighted by Crippen LogP contribution is -2.29. The van der Waals surface area contributed by atoms with Gasteiger partial charge in [-0.25, -0.2) is 0 Å². The Labute approximate surface area is 127 Å². The molecule has 0 unspecified atom stereocenters. The summed E-state index contributed by atoms with van der Waals surface area (Å²) in [6.45, 7) is 3.72. The largest absolute Gasteiger partial charge is 0.354 e. The van der Waals surface area contributed by atoms with Crippen LogP contribution in [0.25, 0.3) is 0 Å². The van der Waals surface area contributed by atoms with Crippen molar-refractivity contribution in [3.63, 3.8) is 0 Å². The lowest BCUT2D eigenvalue weighted by Gasteiger charge is -2.18. The lowest BCUT2D eigenvalue weighted by atomic mass is 10.2. The number of likely N-dealkylation sites (N-methyl/N-ethyl adjacent to an activating group) is 1. The van der Waals surface area contributed by atoms with Gasteiger partial charge in [-0.2, -0.15) is 5.26 Å². The minimum absolute atomic E-state index is 0.0409. The summed E-state index contributed by atoms with van der Waals surface area (Å²) in [7, 11) is 1.46. The quantitative estimate of drug-likeness (QED) is 0.669. The number of carbonyl (C=O) groups excluding carboxylic acids is 2. The van der Waals surface area contributed by atoms with E-state index in [1.54, 1.807) is 6.92 Å². The number of thioether (sulfide) groups is 1. The Morgan fingerprint density at radius 3 is 2.52 bits per heavy atom. The molecule has 1 aliphatic heterocycles. The van der Waals surface area contributed by atoms with Crippen molar-refractivity contribution in [2.24, 2.45) is 0 Å². The molecule has 21 heavy (non-hydrogen) atoms. The molecule has 1 aromatic carbocycles. The van der Waals surface area contributed by atoms with E-state index in [9.17, 15) is 14.9 Å². The molecule has 6 heteroatoms. The minimum atomic E-state index is -0.487. The summed E-state index contributed by atoms with van der Waals surface area (Å²) in [5.74, 6) is -0.616. The van der Waals surface area contributed by atoms with Gasteiger partial charge in [0, 0.05) is 12.7 Å². The molecule has 0 aromatic heterocycles. The molecule has 1 atom stereocenters. The van der Waals surface area contributed by atoms with Gasteiger partial charge in [0.25, 0.3) is 5.91 Å². The molecule has 2 rings (SSSR count). The van der Waals surface area contributed by atoms with Crippen molar-refractivity contribution in [1.82, 2.24) is 5.32 Å². The number of anilines is 1. The normalized spacial score (nSPS) is 20.2. The standard InChI is InChI=1S/C15H15N3O2S/c1-9-4-6-11(7-5-9)18-14(20)10(2)21-15(18)12(8-16)13(19)17-3/h4-7,10H,1-3H3,(H,17,19)/b15-12+/t10-/m0/s1. The predicted octanol–water partition coefficient (Wildman–Crippen LogP) is 1.94. The van der Waals surface area contributed by atoms with Gasteiger partial charge < -0.3 is 5.32 Å². The fourth-order valence-corrected chi connectivity index (χ4v) is 3.08. The molecule has 5 nitrogen and oxygen atoms in total. The highest BCUT2D eigenvalue weighted by Gasteiger charge is 2.38. The van der Waals surface area contributed by atoms with Crippen molar-refractivity contribution in [2.45, 2.75) is 19.1 Å². The highest BCUT2D eigenvalue weighted by Crippen LogP contribution is 2.40. The Kier molecular flexibility index (Phi) is 4.34. The summed E-state index contributed by atoms with van der Waals surface area (Å²) in [6, 6.07) is 9.30. The summed E-state index contributed by atoms with van der Waals surface area (Å²) in [6.07, 6.45) is 0. The SMILES string of the molecule is CNC(=O)/C(C#N)=C1/S[C@@H](C)C(=O)N1c1ccc(C)cc1. The molecule has 1 aromatic rings. The average molecular weight is 301 g/mol. The number of hydrogen-bond acceptors (Lipinski definition) is 4. The van der Waals surface area contributed by atoms with Crippen molar-refractivity contribution in [1.29, 1.82) is 5.26 Å². The molecular formula is C15H15N3O2S. The second kappa shape index (κ2) is 6.02. The van der Waals surface area contributed by atoms with E-state index in [1.165, 1.54) is 23.7 Å². The molecule has 0 spiro atoms. The van der Waals surface area contributed by atoms with Crippen LogP contribution in [0.15, 0.2) is 34.9 Å². The summed E-state index contributed by atoms with van der Waals surface area (Å²) >= 11 is 1.23. The Balaban J connectivity index is 2.57. The Hall–Kier alpha value is -2.26. The summed E-state index contributed by atoms with van der Waals surface area (Å²) in [5.41, 5.74) is 1.69. The van der Waals surface area contributed by atoms with Gasteiger partial charge in [0.05, 0.1) is 5.25 Å². The number of aryl methyl sites for hydroxylation is 1. The molecule has 1 fully saturated rings. The summed E-state index contributed by atoms with van der Waals surface area (Å²) in [5, 5.41) is 11.7. The van der Waals surface area contributed by atoms with E-state index in [0.717, 1.165) is 5.56 Å². The van der Waals surface area contributed by atoms with Crippen molar-refractivity contribution in [3.05, 3.63) is 40.4 Å². The zero-order valence-corrected chi connectivity index (χ0v) is 12.8. The Morgan fingerprint density at radius 1 is 1.38 bits per heavy atom. The summed E-state index contributed by atoms with van der Waals surface area (Å²) in [4.78, 5) is 25.6. The number of rotatable bonds is 2. The van der Waals surface area contributed by atoms with E-state index in [4.69, 9.17) is 0 Å². The van der Waals surface area contributed by atoms with E-state index in [-0.39, 0.29) is 16.7 Å². The van der Waals surface area contributed by atoms with Gasteiger partial charge in [-0.05, 0) is 26.0 Å². The molecular weight excluding hydrogens is 286 g/mol. The first-order valence-corrected chi connectivity index (χ1v) is 7.31. The fraction of sp³-hybridized carbons (Fsp3) is 0.267. The fourth-order valence-electron chi connectivity index (χ4n) is 1.98.